The molecule has 0 aliphatic heterocycles. The van der Waals surface area contributed by atoms with Crippen molar-refractivity contribution < 1.29 is 23.1 Å². The molecule has 0 aromatic carbocycles. The fraction of sp³-hybridized carbons (Fsp3) is 0.929. The van der Waals surface area contributed by atoms with Crippen LogP contribution in [0.3, 0.4) is 0 Å². The lowest BCUT2D eigenvalue weighted by Crippen LogP contribution is -2.24. The SMILES string of the molecule is CCOP(=O)(OCC)C(CC)CCC(=O)OC(C)(C)C. The number of ether oxygens (including phenoxy) is 1. The molecule has 0 aromatic heterocycles. The Hall–Kier alpha value is -0.380. The number of carbonyl (C=O) groups excluding carboxylic acids is 1. The topological polar surface area (TPSA) is 61.8 Å². The van der Waals surface area contributed by atoms with Gasteiger partial charge in [-0.25, -0.2) is 0 Å². The van der Waals surface area contributed by atoms with Crippen LogP contribution in [-0.2, 0) is 23.1 Å². The molecule has 20 heavy (non-hydrogen) atoms. The van der Waals surface area contributed by atoms with E-state index in [-0.39, 0.29) is 18.0 Å². The molecule has 0 rings (SSSR count). The smallest absolute Gasteiger partial charge is 0.333 e. The van der Waals surface area contributed by atoms with Gasteiger partial charge in [-0.15, -0.1) is 0 Å². The molecule has 0 heterocycles. The number of esters is 1. The summed E-state index contributed by atoms with van der Waals surface area (Å²) in [5.41, 5.74) is -0.766. The predicted molar refractivity (Wildman–Crippen MR) is 80.0 cm³/mol. The van der Waals surface area contributed by atoms with Crippen molar-refractivity contribution in [2.24, 2.45) is 0 Å². The first-order chi connectivity index (χ1) is 9.18. The van der Waals surface area contributed by atoms with Crippen LogP contribution in [0.25, 0.3) is 0 Å². The largest absolute Gasteiger partial charge is 0.460 e. The maximum Gasteiger partial charge on any atom is 0.333 e. The highest BCUT2D eigenvalue weighted by atomic mass is 31.2. The van der Waals surface area contributed by atoms with Crippen molar-refractivity contribution in [1.29, 1.82) is 0 Å². The van der Waals surface area contributed by atoms with E-state index in [9.17, 15) is 9.36 Å². The van der Waals surface area contributed by atoms with E-state index in [0.29, 0.717) is 26.1 Å². The Morgan fingerprint density at radius 1 is 1.10 bits per heavy atom. The van der Waals surface area contributed by atoms with Crippen LogP contribution in [-0.4, -0.2) is 30.4 Å². The molecule has 0 saturated carbocycles. The fourth-order valence-electron chi connectivity index (χ4n) is 1.87. The average Bonchev–Trinajstić information content (AvgIpc) is 2.27. The normalized spacial score (nSPS) is 14.1. The molecule has 0 N–H and O–H groups in total. The highest BCUT2D eigenvalue weighted by Gasteiger charge is 2.34. The average molecular weight is 308 g/mol. The Bertz CT molecular complexity index is 325. The molecule has 0 bridgehead atoms. The third-order valence-corrected chi connectivity index (χ3v) is 5.39. The Labute approximate surface area is 122 Å². The summed E-state index contributed by atoms with van der Waals surface area (Å²) in [4.78, 5) is 11.7. The van der Waals surface area contributed by atoms with Crippen molar-refractivity contribution in [2.75, 3.05) is 13.2 Å². The molecule has 0 aliphatic carbocycles. The zero-order valence-corrected chi connectivity index (χ0v) is 14.5. The lowest BCUT2D eigenvalue weighted by atomic mass is 10.1. The third kappa shape index (κ3) is 7.41. The monoisotopic (exact) mass is 308 g/mol. The van der Waals surface area contributed by atoms with Crippen LogP contribution in [0, 0.1) is 0 Å². The third-order valence-electron chi connectivity index (χ3n) is 2.64. The first kappa shape index (κ1) is 19.6. The summed E-state index contributed by atoms with van der Waals surface area (Å²) in [6.45, 7) is 11.6. The van der Waals surface area contributed by atoms with Crippen LogP contribution in [0.2, 0.25) is 0 Å². The molecule has 0 fully saturated rings. The van der Waals surface area contributed by atoms with Crippen molar-refractivity contribution in [3.8, 4) is 0 Å². The van der Waals surface area contributed by atoms with Gasteiger partial charge in [-0.05, 0) is 47.5 Å². The van der Waals surface area contributed by atoms with Gasteiger partial charge in [0.1, 0.15) is 5.60 Å². The minimum absolute atomic E-state index is 0.222. The molecule has 1 unspecified atom stereocenters. The first-order valence-corrected chi connectivity index (χ1v) is 8.90. The Balaban J connectivity index is 4.59. The van der Waals surface area contributed by atoms with E-state index in [1.807, 2.05) is 27.7 Å². The van der Waals surface area contributed by atoms with E-state index in [4.69, 9.17) is 13.8 Å². The van der Waals surface area contributed by atoms with Gasteiger partial charge in [0.25, 0.3) is 0 Å². The van der Waals surface area contributed by atoms with Gasteiger partial charge in [0, 0.05) is 6.42 Å². The molecular weight excluding hydrogens is 279 g/mol. The highest BCUT2D eigenvalue weighted by Crippen LogP contribution is 2.55. The molecule has 0 saturated heterocycles. The molecular formula is C14H29O5P. The van der Waals surface area contributed by atoms with Crippen LogP contribution in [0.15, 0.2) is 0 Å². The lowest BCUT2D eigenvalue weighted by Gasteiger charge is -2.26. The van der Waals surface area contributed by atoms with Crippen molar-refractivity contribution >= 4 is 13.6 Å². The molecule has 5 nitrogen and oxygen atoms in total. The van der Waals surface area contributed by atoms with Gasteiger partial charge in [-0.1, -0.05) is 6.92 Å². The van der Waals surface area contributed by atoms with E-state index in [1.165, 1.54) is 0 Å². The second kappa shape index (κ2) is 8.81. The van der Waals surface area contributed by atoms with Crippen molar-refractivity contribution in [2.45, 2.75) is 72.1 Å². The molecule has 120 valence electrons. The molecule has 0 spiro atoms. The zero-order chi connectivity index (χ0) is 15.8. The lowest BCUT2D eigenvalue weighted by molar-refractivity contribution is -0.154. The summed E-state index contributed by atoms with van der Waals surface area (Å²) in [6.07, 6.45) is 1.31. The minimum Gasteiger partial charge on any atom is -0.460 e. The summed E-state index contributed by atoms with van der Waals surface area (Å²) in [5, 5.41) is 0. The maximum atomic E-state index is 12.6. The molecule has 0 aromatic rings. The summed E-state index contributed by atoms with van der Waals surface area (Å²) in [6, 6.07) is 0. The Morgan fingerprint density at radius 2 is 1.60 bits per heavy atom. The van der Waals surface area contributed by atoms with Gasteiger partial charge in [0.05, 0.1) is 18.9 Å². The van der Waals surface area contributed by atoms with Crippen LogP contribution < -0.4 is 0 Å². The zero-order valence-electron chi connectivity index (χ0n) is 13.6. The van der Waals surface area contributed by atoms with Crippen LogP contribution in [0.1, 0.15) is 60.8 Å². The molecule has 0 radical (unpaired) electrons. The second-order valence-corrected chi connectivity index (χ2v) is 7.89. The summed E-state index contributed by atoms with van der Waals surface area (Å²) >= 11 is 0. The predicted octanol–water partition coefficient (Wildman–Crippen LogP) is 4.15. The fourth-order valence-corrected chi connectivity index (χ4v) is 3.98. The van der Waals surface area contributed by atoms with Crippen molar-refractivity contribution in [1.82, 2.24) is 0 Å². The van der Waals surface area contributed by atoms with Gasteiger partial charge >= 0.3 is 13.6 Å². The van der Waals surface area contributed by atoms with Crippen LogP contribution in [0.5, 0.6) is 0 Å². The summed E-state index contributed by atoms with van der Waals surface area (Å²) in [7, 11) is -3.14. The van der Waals surface area contributed by atoms with Gasteiger partial charge in [-0.2, -0.15) is 0 Å². The van der Waals surface area contributed by atoms with Gasteiger partial charge in [-0.3, -0.25) is 9.36 Å². The van der Waals surface area contributed by atoms with E-state index < -0.39 is 13.2 Å². The quantitative estimate of drug-likeness (QED) is 0.473. The van der Waals surface area contributed by atoms with Gasteiger partial charge in [0.2, 0.25) is 0 Å². The highest BCUT2D eigenvalue weighted by molar-refractivity contribution is 7.54. The summed E-state index contributed by atoms with van der Waals surface area (Å²) in [5.74, 6) is -0.282. The van der Waals surface area contributed by atoms with E-state index in [2.05, 4.69) is 0 Å². The van der Waals surface area contributed by atoms with E-state index >= 15 is 0 Å². The number of carbonyl (C=O) groups is 1. The standard InChI is InChI=1S/C14H29O5P/c1-7-12(20(16,17-8-2)18-9-3)10-11-13(15)19-14(4,5)6/h12H,7-11H2,1-6H3. The second-order valence-electron chi connectivity index (χ2n) is 5.56. The minimum atomic E-state index is -3.14. The number of rotatable bonds is 9. The summed E-state index contributed by atoms with van der Waals surface area (Å²) < 4.78 is 28.6. The molecule has 0 aliphatic rings. The van der Waals surface area contributed by atoms with Gasteiger partial charge in [0.15, 0.2) is 0 Å². The molecule has 0 amide bonds. The first-order valence-electron chi connectivity index (χ1n) is 7.29. The number of hydrogen-bond acceptors (Lipinski definition) is 5. The van der Waals surface area contributed by atoms with Crippen molar-refractivity contribution in [3.63, 3.8) is 0 Å². The van der Waals surface area contributed by atoms with Crippen molar-refractivity contribution in [3.05, 3.63) is 0 Å². The van der Waals surface area contributed by atoms with Crippen LogP contribution in [0.4, 0.5) is 0 Å². The molecule has 1 atom stereocenters. The Kier molecular flexibility index (Phi) is 8.64. The number of hydrogen-bond donors (Lipinski definition) is 0. The van der Waals surface area contributed by atoms with E-state index in [0.717, 1.165) is 0 Å². The maximum absolute atomic E-state index is 12.6. The van der Waals surface area contributed by atoms with E-state index in [1.54, 1.807) is 13.8 Å². The van der Waals surface area contributed by atoms with Crippen LogP contribution >= 0.6 is 7.60 Å². The van der Waals surface area contributed by atoms with Gasteiger partial charge < -0.3 is 13.8 Å². The Morgan fingerprint density at radius 3 is 1.95 bits per heavy atom. The molecule has 6 heteroatoms.